The average molecular weight is 246 g/mol. The molecule has 18 heavy (non-hydrogen) atoms. The summed E-state index contributed by atoms with van der Waals surface area (Å²) >= 11 is 0. The zero-order valence-electron chi connectivity index (χ0n) is 10.3. The quantitative estimate of drug-likeness (QED) is 0.840. The Kier molecular flexibility index (Phi) is 2.96. The van der Waals surface area contributed by atoms with Crippen LogP contribution in [0.25, 0.3) is 0 Å². The molecule has 0 saturated heterocycles. The van der Waals surface area contributed by atoms with Crippen LogP contribution in [0, 0.1) is 5.92 Å². The van der Waals surface area contributed by atoms with Crippen LogP contribution in [-0.4, -0.2) is 12.5 Å². The summed E-state index contributed by atoms with van der Waals surface area (Å²) in [6.45, 7) is 0.0982. The van der Waals surface area contributed by atoms with Crippen LogP contribution < -0.4 is 15.8 Å². The predicted molar refractivity (Wildman–Crippen MR) is 69.5 cm³/mol. The zero-order chi connectivity index (χ0) is 12.5. The van der Waals surface area contributed by atoms with Crippen LogP contribution in [0.4, 0.5) is 5.69 Å². The number of rotatable bonds is 2. The molecule has 1 aliphatic heterocycles. The van der Waals surface area contributed by atoms with E-state index in [1.165, 1.54) is 25.7 Å². The molecule has 2 aliphatic rings. The summed E-state index contributed by atoms with van der Waals surface area (Å²) in [5.74, 6) is 1.20. The van der Waals surface area contributed by atoms with Crippen molar-refractivity contribution >= 4 is 11.6 Å². The third kappa shape index (κ3) is 2.08. The fraction of sp³-hybridized carbons (Fsp3) is 0.500. The van der Waals surface area contributed by atoms with E-state index >= 15 is 0 Å². The fourth-order valence-electron chi connectivity index (χ4n) is 2.90. The first-order chi connectivity index (χ1) is 8.74. The number of nitrogens with two attached hydrogens (primary N) is 1. The molecule has 3 rings (SSSR count). The van der Waals surface area contributed by atoms with Gasteiger partial charge in [0.2, 0.25) is 0 Å². The van der Waals surface area contributed by atoms with E-state index in [2.05, 4.69) is 5.32 Å². The largest absolute Gasteiger partial charge is 0.482 e. The van der Waals surface area contributed by atoms with Crippen molar-refractivity contribution in [2.24, 2.45) is 11.7 Å². The number of hydrogen-bond acceptors (Lipinski definition) is 3. The third-order valence-corrected chi connectivity index (χ3v) is 3.93. The van der Waals surface area contributed by atoms with E-state index in [0.717, 1.165) is 17.0 Å². The second-order valence-corrected chi connectivity index (χ2v) is 5.16. The molecule has 1 unspecified atom stereocenters. The maximum absolute atomic E-state index is 11.3. The van der Waals surface area contributed by atoms with Gasteiger partial charge in [0.25, 0.3) is 5.91 Å². The number of carbonyl (C=O) groups excluding carboxylic acids is 1. The summed E-state index contributed by atoms with van der Waals surface area (Å²) < 4.78 is 5.34. The SMILES string of the molecule is NC(c1ccc2c(c1)NC(=O)CO2)C1CCCC1. The van der Waals surface area contributed by atoms with Gasteiger partial charge in [-0.2, -0.15) is 0 Å². The summed E-state index contributed by atoms with van der Waals surface area (Å²) in [4.78, 5) is 11.3. The molecule has 1 fully saturated rings. The highest BCUT2D eigenvalue weighted by Crippen LogP contribution is 2.37. The average Bonchev–Trinajstić information content (AvgIpc) is 2.90. The van der Waals surface area contributed by atoms with Crippen molar-refractivity contribution in [3.05, 3.63) is 23.8 Å². The molecule has 4 nitrogen and oxygen atoms in total. The Morgan fingerprint density at radius 2 is 2.11 bits per heavy atom. The third-order valence-electron chi connectivity index (χ3n) is 3.93. The van der Waals surface area contributed by atoms with Gasteiger partial charge in [0.15, 0.2) is 6.61 Å². The van der Waals surface area contributed by atoms with Crippen molar-refractivity contribution in [1.82, 2.24) is 0 Å². The molecule has 1 heterocycles. The zero-order valence-corrected chi connectivity index (χ0v) is 10.3. The molecule has 1 aromatic carbocycles. The van der Waals surface area contributed by atoms with Crippen molar-refractivity contribution in [1.29, 1.82) is 0 Å². The van der Waals surface area contributed by atoms with Crippen LogP contribution in [-0.2, 0) is 4.79 Å². The first-order valence-corrected chi connectivity index (χ1v) is 6.56. The summed E-state index contributed by atoms with van der Waals surface area (Å²) in [5.41, 5.74) is 8.15. The highest BCUT2D eigenvalue weighted by molar-refractivity contribution is 5.95. The van der Waals surface area contributed by atoms with Crippen LogP contribution in [0.5, 0.6) is 5.75 Å². The molecule has 1 aliphatic carbocycles. The molecule has 3 N–H and O–H groups in total. The Hall–Kier alpha value is -1.55. The van der Waals surface area contributed by atoms with E-state index in [1.54, 1.807) is 0 Å². The lowest BCUT2D eigenvalue weighted by Crippen LogP contribution is -2.26. The van der Waals surface area contributed by atoms with Gasteiger partial charge in [0, 0.05) is 6.04 Å². The Morgan fingerprint density at radius 1 is 1.33 bits per heavy atom. The highest BCUT2D eigenvalue weighted by Gasteiger charge is 2.25. The molecule has 1 aromatic rings. The number of anilines is 1. The van der Waals surface area contributed by atoms with E-state index in [9.17, 15) is 4.79 Å². The lowest BCUT2D eigenvalue weighted by atomic mass is 9.92. The number of hydrogen-bond donors (Lipinski definition) is 2. The van der Waals surface area contributed by atoms with Crippen LogP contribution in [0.15, 0.2) is 18.2 Å². The fourth-order valence-corrected chi connectivity index (χ4v) is 2.90. The van der Waals surface area contributed by atoms with Crippen molar-refractivity contribution in [2.45, 2.75) is 31.7 Å². The molecule has 0 aromatic heterocycles. The predicted octanol–water partition coefficient (Wildman–Crippen LogP) is 2.21. The molecule has 96 valence electrons. The van der Waals surface area contributed by atoms with Crippen LogP contribution >= 0.6 is 0 Å². The van der Waals surface area contributed by atoms with Crippen molar-refractivity contribution in [2.75, 3.05) is 11.9 Å². The monoisotopic (exact) mass is 246 g/mol. The number of fused-ring (bicyclic) bond motifs is 1. The minimum Gasteiger partial charge on any atom is -0.482 e. The van der Waals surface area contributed by atoms with E-state index in [-0.39, 0.29) is 18.6 Å². The standard InChI is InChI=1S/C14H18N2O2/c15-14(9-3-1-2-4-9)10-5-6-12-11(7-10)16-13(17)8-18-12/h5-7,9,14H,1-4,8,15H2,(H,16,17). The van der Waals surface area contributed by atoms with Crippen molar-refractivity contribution in [3.63, 3.8) is 0 Å². The minimum absolute atomic E-state index is 0.0663. The number of amides is 1. The molecular formula is C14H18N2O2. The summed E-state index contributed by atoms with van der Waals surface area (Å²) in [7, 11) is 0. The van der Waals surface area contributed by atoms with Gasteiger partial charge in [-0.1, -0.05) is 18.9 Å². The Balaban J connectivity index is 1.84. The van der Waals surface area contributed by atoms with E-state index in [0.29, 0.717) is 5.92 Å². The molecule has 1 atom stereocenters. The van der Waals surface area contributed by atoms with Gasteiger partial charge >= 0.3 is 0 Å². The topological polar surface area (TPSA) is 64.3 Å². The lowest BCUT2D eigenvalue weighted by molar-refractivity contribution is -0.118. The molecule has 1 amide bonds. The first kappa shape index (κ1) is 11.5. The number of ether oxygens (including phenoxy) is 1. The van der Waals surface area contributed by atoms with Gasteiger partial charge in [-0.3, -0.25) is 4.79 Å². The van der Waals surface area contributed by atoms with Gasteiger partial charge in [-0.15, -0.1) is 0 Å². The number of carbonyl (C=O) groups is 1. The summed E-state index contributed by atoms with van der Waals surface area (Å²) in [5, 5.41) is 2.83. The van der Waals surface area contributed by atoms with Gasteiger partial charge in [-0.25, -0.2) is 0 Å². The Morgan fingerprint density at radius 3 is 2.89 bits per heavy atom. The maximum Gasteiger partial charge on any atom is 0.262 e. The molecular weight excluding hydrogens is 228 g/mol. The van der Waals surface area contributed by atoms with E-state index < -0.39 is 0 Å². The first-order valence-electron chi connectivity index (χ1n) is 6.56. The van der Waals surface area contributed by atoms with E-state index in [1.807, 2.05) is 18.2 Å². The lowest BCUT2D eigenvalue weighted by Gasteiger charge is -2.23. The van der Waals surface area contributed by atoms with Gasteiger partial charge in [0.05, 0.1) is 5.69 Å². The smallest absolute Gasteiger partial charge is 0.262 e. The van der Waals surface area contributed by atoms with E-state index in [4.69, 9.17) is 10.5 Å². The molecule has 1 saturated carbocycles. The molecule has 4 heteroatoms. The van der Waals surface area contributed by atoms with Crippen LogP contribution in [0.3, 0.4) is 0 Å². The van der Waals surface area contributed by atoms with Gasteiger partial charge < -0.3 is 15.8 Å². The van der Waals surface area contributed by atoms with Crippen LogP contribution in [0.1, 0.15) is 37.3 Å². The molecule has 0 spiro atoms. The summed E-state index contributed by atoms with van der Waals surface area (Å²) in [6, 6.07) is 5.93. The molecule has 0 radical (unpaired) electrons. The summed E-state index contributed by atoms with van der Waals surface area (Å²) in [6.07, 6.45) is 4.98. The number of nitrogens with one attached hydrogen (secondary N) is 1. The van der Waals surface area contributed by atoms with Crippen molar-refractivity contribution in [3.8, 4) is 5.75 Å². The Bertz CT molecular complexity index is 467. The highest BCUT2D eigenvalue weighted by atomic mass is 16.5. The Labute approximate surface area is 107 Å². The maximum atomic E-state index is 11.3. The second kappa shape index (κ2) is 4.61. The van der Waals surface area contributed by atoms with Crippen molar-refractivity contribution < 1.29 is 9.53 Å². The number of benzene rings is 1. The second-order valence-electron chi connectivity index (χ2n) is 5.16. The normalized spacial score (nSPS) is 21.1. The van der Waals surface area contributed by atoms with Gasteiger partial charge in [0.1, 0.15) is 5.75 Å². The minimum atomic E-state index is -0.103. The van der Waals surface area contributed by atoms with Gasteiger partial charge in [-0.05, 0) is 36.5 Å². The van der Waals surface area contributed by atoms with Crippen LogP contribution in [0.2, 0.25) is 0 Å². The molecule has 0 bridgehead atoms.